The molecule has 0 heterocycles. The SMILES string of the molecule is CCCCCCCCC/C=C/CCCCCCCC(=O)NC(COP(=O)(O)OCC[N+](C)(C)C)C(/C=C\CCCCCCCCCCCC)OC(=O)CCCCCCCCCCCCCCCCCCCCCCCCC. The van der Waals surface area contributed by atoms with Gasteiger partial charge < -0.3 is 19.4 Å². The molecule has 456 valence electrons. The van der Waals surface area contributed by atoms with Crippen molar-refractivity contribution < 1.29 is 37.3 Å². The maximum atomic E-state index is 13.6. The highest BCUT2D eigenvalue weighted by atomic mass is 31.2. The van der Waals surface area contributed by atoms with E-state index in [1.54, 1.807) is 0 Å². The molecule has 0 saturated heterocycles. The van der Waals surface area contributed by atoms with Crippen molar-refractivity contribution in [2.75, 3.05) is 40.9 Å². The molecule has 10 heteroatoms. The Kier molecular flexibility index (Phi) is 56.6. The van der Waals surface area contributed by atoms with Crippen molar-refractivity contribution in [1.29, 1.82) is 0 Å². The largest absolute Gasteiger partial charge is 0.472 e. The highest BCUT2D eigenvalue weighted by Crippen LogP contribution is 2.43. The minimum Gasteiger partial charge on any atom is -0.456 e. The number of carbonyl (C=O) groups excluding carboxylic acids is 2. The van der Waals surface area contributed by atoms with Gasteiger partial charge in [-0.15, -0.1) is 0 Å². The normalized spacial score (nSPS) is 13.7. The van der Waals surface area contributed by atoms with Gasteiger partial charge in [0, 0.05) is 12.8 Å². The van der Waals surface area contributed by atoms with Gasteiger partial charge in [0.25, 0.3) is 0 Å². The van der Waals surface area contributed by atoms with E-state index in [4.69, 9.17) is 13.8 Å². The highest BCUT2D eigenvalue weighted by molar-refractivity contribution is 7.47. The first-order valence-electron chi connectivity index (χ1n) is 33.7. The van der Waals surface area contributed by atoms with Crippen molar-refractivity contribution in [3.05, 3.63) is 24.3 Å². The average molecular weight is 1110 g/mol. The fraction of sp³-hybridized carbons (Fsp3) is 0.910. The molecule has 1 amide bonds. The maximum absolute atomic E-state index is 13.6. The van der Waals surface area contributed by atoms with E-state index in [0.29, 0.717) is 23.9 Å². The van der Waals surface area contributed by atoms with E-state index in [0.717, 1.165) is 77.0 Å². The number of carbonyl (C=O) groups is 2. The van der Waals surface area contributed by atoms with Gasteiger partial charge in [0.2, 0.25) is 5.91 Å². The molecule has 0 rings (SSSR count). The summed E-state index contributed by atoms with van der Waals surface area (Å²) in [7, 11) is 1.51. The number of phosphoric ester groups is 1. The van der Waals surface area contributed by atoms with Gasteiger partial charge in [-0.2, -0.15) is 0 Å². The first kappa shape index (κ1) is 75.5. The van der Waals surface area contributed by atoms with Crippen LogP contribution < -0.4 is 5.32 Å². The van der Waals surface area contributed by atoms with Gasteiger partial charge in [-0.25, -0.2) is 4.57 Å². The molecule has 0 aliphatic rings. The molecular weight excluding hydrogens is 976 g/mol. The van der Waals surface area contributed by atoms with Crippen LogP contribution >= 0.6 is 7.82 Å². The molecule has 3 atom stereocenters. The summed E-state index contributed by atoms with van der Waals surface area (Å²) in [5, 5.41) is 3.06. The predicted octanol–water partition coefficient (Wildman–Crippen LogP) is 20.9. The van der Waals surface area contributed by atoms with Crippen LogP contribution in [0.3, 0.4) is 0 Å². The first-order chi connectivity index (χ1) is 37.4. The Labute approximate surface area is 479 Å². The Balaban J connectivity index is 5.09. The molecule has 0 aromatic carbocycles. The van der Waals surface area contributed by atoms with Gasteiger partial charge in [-0.1, -0.05) is 296 Å². The Hall–Kier alpha value is -1.51. The fourth-order valence-corrected chi connectivity index (χ4v) is 10.9. The number of likely N-dealkylation sites (N-methyl/N-ethyl adjacent to an activating group) is 1. The summed E-state index contributed by atoms with van der Waals surface area (Å²) in [6.45, 7) is 7.06. The van der Waals surface area contributed by atoms with Gasteiger partial charge in [0.05, 0.1) is 33.8 Å². The number of rotatable bonds is 62. The van der Waals surface area contributed by atoms with Gasteiger partial charge in [0.15, 0.2) is 0 Å². The molecule has 9 nitrogen and oxygen atoms in total. The summed E-state index contributed by atoms with van der Waals surface area (Å²) in [4.78, 5) is 37.8. The van der Waals surface area contributed by atoms with Crippen molar-refractivity contribution in [2.24, 2.45) is 0 Å². The third-order valence-electron chi connectivity index (χ3n) is 15.4. The average Bonchev–Trinajstić information content (AvgIpc) is 3.39. The number of ether oxygens (including phenoxy) is 1. The lowest BCUT2D eigenvalue weighted by atomic mass is 10.0. The van der Waals surface area contributed by atoms with Crippen molar-refractivity contribution in [3.8, 4) is 0 Å². The minimum atomic E-state index is -4.45. The van der Waals surface area contributed by atoms with Gasteiger partial charge >= 0.3 is 13.8 Å². The molecule has 0 aliphatic heterocycles. The van der Waals surface area contributed by atoms with Crippen LogP contribution in [0, 0.1) is 0 Å². The van der Waals surface area contributed by atoms with Crippen LogP contribution in [0.25, 0.3) is 0 Å². The molecular formula is C67H132N2O7P+. The van der Waals surface area contributed by atoms with Crippen LogP contribution in [0.15, 0.2) is 24.3 Å². The molecule has 0 aromatic heterocycles. The predicted molar refractivity (Wildman–Crippen MR) is 333 cm³/mol. The van der Waals surface area contributed by atoms with E-state index < -0.39 is 20.0 Å². The number of esters is 1. The van der Waals surface area contributed by atoms with E-state index >= 15 is 0 Å². The topological polar surface area (TPSA) is 111 Å². The zero-order valence-corrected chi connectivity index (χ0v) is 53.1. The van der Waals surface area contributed by atoms with Crippen LogP contribution in [-0.4, -0.2) is 74.3 Å². The molecule has 0 bridgehead atoms. The zero-order valence-electron chi connectivity index (χ0n) is 52.2. The molecule has 0 aromatic rings. The molecule has 0 spiro atoms. The van der Waals surface area contributed by atoms with Crippen molar-refractivity contribution in [1.82, 2.24) is 5.32 Å². The number of phosphoric acid groups is 1. The number of nitrogens with zero attached hydrogens (tertiary/aromatic N) is 1. The number of unbranched alkanes of at least 4 members (excludes halogenated alkanes) is 44. The van der Waals surface area contributed by atoms with Gasteiger partial charge in [-0.05, 0) is 57.4 Å². The smallest absolute Gasteiger partial charge is 0.456 e. The van der Waals surface area contributed by atoms with E-state index in [-0.39, 0.29) is 25.1 Å². The van der Waals surface area contributed by atoms with Crippen molar-refractivity contribution in [3.63, 3.8) is 0 Å². The van der Waals surface area contributed by atoms with Crippen LogP contribution in [0.4, 0.5) is 0 Å². The van der Waals surface area contributed by atoms with Crippen LogP contribution in [0.2, 0.25) is 0 Å². The molecule has 0 fully saturated rings. The summed E-state index contributed by atoms with van der Waals surface area (Å²) in [5.41, 5.74) is 0. The Bertz CT molecular complexity index is 1370. The Morgan fingerprint density at radius 2 is 0.753 bits per heavy atom. The summed E-state index contributed by atoms with van der Waals surface area (Å²) in [5.74, 6) is -0.495. The van der Waals surface area contributed by atoms with Crippen molar-refractivity contribution >= 4 is 19.7 Å². The van der Waals surface area contributed by atoms with Crippen LogP contribution in [0.5, 0.6) is 0 Å². The van der Waals surface area contributed by atoms with Crippen molar-refractivity contribution in [2.45, 2.75) is 354 Å². The van der Waals surface area contributed by atoms with E-state index in [9.17, 15) is 19.0 Å². The van der Waals surface area contributed by atoms with E-state index in [2.05, 4.69) is 38.2 Å². The van der Waals surface area contributed by atoms with Gasteiger partial charge in [-0.3, -0.25) is 18.6 Å². The van der Waals surface area contributed by atoms with Crippen LogP contribution in [-0.2, 0) is 27.9 Å². The Morgan fingerprint density at radius 3 is 1.10 bits per heavy atom. The second-order valence-electron chi connectivity index (χ2n) is 24.4. The lowest BCUT2D eigenvalue weighted by Gasteiger charge is -2.27. The maximum Gasteiger partial charge on any atom is 0.472 e. The van der Waals surface area contributed by atoms with E-state index in [1.807, 2.05) is 33.3 Å². The lowest BCUT2D eigenvalue weighted by Crippen LogP contribution is -2.47. The van der Waals surface area contributed by atoms with Gasteiger partial charge in [0.1, 0.15) is 19.3 Å². The third-order valence-corrected chi connectivity index (χ3v) is 16.4. The quantitative estimate of drug-likeness (QED) is 0.0205. The molecule has 0 radical (unpaired) electrons. The molecule has 0 aliphatic carbocycles. The summed E-state index contributed by atoms with van der Waals surface area (Å²) in [6, 6.07) is -0.847. The number of nitrogens with one attached hydrogen (secondary N) is 1. The minimum absolute atomic E-state index is 0.0422. The van der Waals surface area contributed by atoms with Crippen LogP contribution in [0.1, 0.15) is 342 Å². The first-order valence-corrected chi connectivity index (χ1v) is 35.2. The summed E-state index contributed by atoms with van der Waals surface area (Å²) >= 11 is 0. The third kappa shape index (κ3) is 58.9. The molecule has 2 N–H and O–H groups in total. The molecule has 77 heavy (non-hydrogen) atoms. The number of allylic oxidation sites excluding steroid dienone is 3. The zero-order chi connectivity index (χ0) is 56.4. The monoisotopic (exact) mass is 1110 g/mol. The molecule has 3 unspecified atom stereocenters. The number of hydrogen-bond acceptors (Lipinski definition) is 6. The summed E-state index contributed by atoms with van der Waals surface area (Å²) < 4.78 is 30.8. The highest BCUT2D eigenvalue weighted by Gasteiger charge is 2.30. The number of hydrogen-bond donors (Lipinski definition) is 2. The number of amides is 1. The lowest BCUT2D eigenvalue weighted by molar-refractivity contribution is -0.870. The second kappa shape index (κ2) is 57.7. The second-order valence-corrected chi connectivity index (χ2v) is 25.8. The molecule has 0 saturated carbocycles. The fourth-order valence-electron chi connectivity index (χ4n) is 10.2. The Morgan fingerprint density at radius 1 is 0.442 bits per heavy atom. The summed E-state index contributed by atoms with van der Waals surface area (Å²) in [6.07, 6.45) is 69.0. The standard InChI is InChI=1S/C67H131N2O7P/c1-7-10-13-16-19-22-25-28-30-32-33-34-35-36-37-38-40-42-45-48-51-54-57-60-67(71)76-65(58-55-52-49-46-43-27-24-21-18-15-12-9-3)64(63-75-77(72,73)74-62-61-69(4,5)6)68-66(70)59-56-53-50-47-44-41-39-31-29-26-23-20-17-14-11-8-2/h31,39,55,58,64-65H,7-30,32-38,40-54,56-57,59-63H2,1-6H3,(H-,68,70,72,73)/p+1/b39-31+,58-55-. The number of quaternary nitrogens is 1. The van der Waals surface area contributed by atoms with E-state index in [1.165, 1.54) is 231 Å².